The van der Waals surface area contributed by atoms with Crippen LogP contribution in [0.4, 0.5) is 0 Å². The van der Waals surface area contributed by atoms with Gasteiger partial charge in [0.15, 0.2) is 6.29 Å². The largest absolute Gasteiger partial charge is 0.353 e. The Morgan fingerprint density at radius 2 is 1.68 bits per heavy atom. The summed E-state index contributed by atoms with van der Waals surface area (Å²) in [6.07, 6.45) is 3.36. The Labute approximate surface area is 151 Å². The molecule has 3 rings (SSSR count). The first-order valence-corrected chi connectivity index (χ1v) is 9.41. The van der Waals surface area contributed by atoms with Gasteiger partial charge in [-0.1, -0.05) is 67.6 Å². The van der Waals surface area contributed by atoms with Crippen molar-refractivity contribution in [3.63, 3.8) is 0 Å². The lowest BCUT2D eigenvalue weighted by molar-refractivity contribution is -0.161. The summed E-state index contributed by atoms with van der Waals surface area (Å²) in [6.45, 7) is 4.60. The molecule has 0 spiro atoms. The van der Waals surface area contributed by atoms with E-state index in [9.17, 15) is 0 Å². The van der Waals surface area contributed by atoms with Gasteiger partial charge in [-0.2, -0.15) is 0 Å². The molecule has 1 aliphatic rings. The molecule has 0 bridgehead atoms. The molecule has 0 aromatic heterocycles. The minimum absolute atomic E-state index is 0.0164. The smallest absolute Gasteiger partial charge is 0.157 e. The van der Waals surface area contributed by atoms with Crippen LogP contribution in [-0.4, -0.2) is 26.0 Å². The summed E-state index contributed by atoms with van der Waals surface area (Å²) in [6, 6.07) is 21.6. The van der Waals surface area contributed by atoms with E-state index in [2.05, 4.69) is 72.9 Å². The Hall–Kier alpha value is -1.68. The van der Waals surface area contributed by atoms with E-state index < -0.39 is 0 Å². The van der Waals surface area contributed by atoms with Crippen molar-refractivity contribution in [2.45, 2.75) is 44.4 Å². The third kappa shape index (κ3) is 5.40. The molecule has 1 unspecified atom stereocenters. The van der Waals surface area contributed by atoms with E-state index in [0.717, 1.165) is 26.0 Å². The van der Waals surface area contributed by atoms with Crippen molar-refractivity contribution in [2.24, 2.45) is 0 Å². The second-order valence-electron chi connectivity index (χ2n) is 6.71. The van der Waals surface area contributed by atoms with Gasteiger partial charge in [-0.3, -0.25) is 0 Å². The predicted molar refractivity (Wildman–Crippen MR) is 102 cm³/mol. The zero-order valence-electron chi connectivity index (χ0n) is 15.1. The first kappa shape index (κ1) is 18.1. The van der Waals surface area contributed by atoms with Gasteiger partial charge in [0, 0.05) is 25.1 Å². The number of nitrogens with one attached hydrogen (secondary N) is 1. The average Bonchev–Trinajstić information content (AvgIpc) is 2.70. The Balaban J connectivity index is 1.59. The van der Waals surface area contributed by atoms with Crippen molar-refractivity contribution in [1.82, 2.24) is 5.32 Å². The summed E-state index contributed by atoms with van der Waals surface area (Å²) in [4.78, 5) is 0. The Morgan fingerprint density at radius 3 is 2.32 bits per heavy atom. The Morgan fingerprint density at radius 1 is 1.00 bits per heavy atom. The summed E-state index contributed by atoms with van der Waals surface area (Å²) >= 11 is 0. The van der Waals surface area contributed by atoms with Gasteiger partial charge in [0.05, 0.1) is 6.61 Å². The van der Waals surface area contributed by atoms with Crippen molar-refractivity contribution in [3.8, 4) is 0 Å². The summed E-state index contributed by atoms with van der Waals surface area (Å²) in [5, 5.41) is 3.69. The van der Waals surface area contributed by atoms with E-state index in [-0.39, 0.29) is 12.3 Å². The van der Waals surface area contributed by atoms with Gasteiger partial charge in [-0.05, 0) is 30.4 Å². The Bertz CT molecular complexity index is 596. The van der Waals surface area contributed by atoms with Crippen molar-refractivity contribution >= 4 is 0 Å². The maximum atomic E-state index is 5.87. The highest BCUT2D eigenvalue weighted by atomic mass is 16.7. The van der Waals surface area contributed by atoms with E-state index in [1.807, 2.05) is 0 Å². The molecule has 1 fully saturated rings. The van der Waals surface area contributed by atoms with Crippen LogP contribution >= 0.6 is 0 Å². The highest BCUT2D eigenvalue weighted by Gasteiger charge is 2.20. The molecule has 1 saturated heterocycles. The van der Waals surface area contributed by atoms with Gasteiger partial charge in [0.25, 0.3) is 0 Å². The fraction of sp³-hybridized carbons (Fsp3) is 0.455. The van der Waals surface area contributed by atoms with Crippen molar-refractivity contribution in [2.75, 3.05) is 19.8 Å². The topological polar surface area (TPSA) is 30.5 Å². The third-order valence-corrected chi connectivity index (χ3v) is 4.89. The molecule has 1 heterocycles. The van der Waals surface area contributed by atoms with Crippen LogP contribution in [0, 0.1) is 0 Å². The second kappa shape index (κ2) is 9.71. The van der Waals surface area contributed by atoms with Crippen LogP contribution in [0.15, 0.2) is 60.7 Å². The first-order valence-electron chi connectivity index (χ1n) is 9.41. The molecular weight excluding hydrogens is 310 g/mol. The van der Waals surface area contributed by atoms with Crippen LogP contribution in [0.3, 0.4) is 0 Å². The van der Waals surface area contributed by atoms with Crippen molar-refractivity contribution in [1.29, 1.82) is 0 Å². The minimum Gasteiger partial charge on any atom is -0.353 e. The monoisotopic (exact) mass is 339 g/mol. The standard InChI is InChI=1S/C22H29NO2/c1-18(19-10-4-2-5-11-19)22(20-12-6-3-7-13-20)23-15-17-25-21-14-8-9-16-24-21/h2-7,10-13,18,21-23H,8-9,14-17H2,1H3/t18-,21?,22+/m1/s1. The lowest BCUT2D eigenvalue weighted by Gasteiger charge is -2.27. The average molecular weight is 339 g/mol. The van der Waals surface area contributed by atoms with Gasteiger partial charge >= 0.3 is 0 Å². The van der Waals surface area contributed by atoms with Crippen molar-refractivity contribution < 1.29 is 9.47 Å². The molecule has 25 heavy (non-hydrogen) atoms. The van der Waals surface area contributed by atoms with Crippen LogP contribution in [0.1, 0.15) is 49.3 Å². The molecule has 134 valence electrons. The summed E-state index contributed by atoms with van der Waals surface area (Å²) < 4.78 is 11.5. The van der Waals surface area contributed by atoms with Gasteiger partial charge < -0.3 is 14.8 Å². The van der Waals surface area contributed by atoms with E-state index in [4.69, 9.17) is 9.47 Å². The maximum absolute atomic E-state index is 5.87. The zero-order chi connectivity index (χ0) is 17.3. The quantitative estimate of drug-likeness (QED) is 0.709. The van der Waals surface area contributed by atoms with Crippen LogP contribution in [0.25, 0.3) is 0 Å². The van der Waals surface area contributed by atoms with E-state index in [0.29, 0.717) is 12.5 Å². The minimum atomic E-state index is -0.0164. The van der Waals surface area contributed by atoms with Crippen LogP contribution in [0.2, 0.25) is 0 Å². The number of hydrogen-bond acceptors (Lipinski definition) is 3. The van der Waals surface area contributed by atoms with Crippen LogP contribution in [-0.2, 0) is 9.47 Å². The summed E-state index contributed by atoms with van der Waals surface area (Å²) in [7, 11) is 0. The molecule has 3 heteroatoms. The molecule has 1 aliphatic heterocycles. The molecular formula is C22H29NO2. The molecule has 0 aliphatic carbocycles. The molecule has 2 aromatic carbocycles. The fourth-order valence-corrected chi connectivity index (χ4v) is 3.44. The van der Waals surface area contributed by atoms with Gasteiger partial charge in [0.1, 0.15) is 0 Å². The molecule has 1 N–H and O–H groups in total. The Kier molecular flexibility index (Phi) is 7.04. The maximum Gasteiger partial charge on any atom is 0.157 e. The number of benzene rings is 2. The predicted octanol–water partition coefficient (Wildman–Crippen LogP) is 4.66. The molecule has 2 aromatic rings. The number of rotatable bonds is 8. The summed E-state index contributed by atoms with van der Waals surface area (Å²) in [5.74, 6) is 0.384. The fourth-order valence-electron chi connectivity index (χ4n) is 3.44. The highest BCUT2D eigenvalue weighted by Crippen LogP contribution is 2.30. The zero-order valence-corrected chi connectivity index (χ0v) is 15.1. The normalized spacial score (nSPS) is 20.1. The second-order valence-corrected chi connectivity index (χ2v) is 6.71. The molecule has 0 amide bonds. The molecule has 0 saturated carbocycles. The van der Waals surface area contributed by atoms with Crippen LogP contribution in [0.5, 0.6) is 0 Å². The number of ether oxygens (including phenoxy) is 2. The van der Waals surface area contributed by atoms with Gasteiger partial charge in [0.2, 0.25) is 0 Å². The third-order valence-electron chi connectivity index (χ3n) is 4.89. The van der Waals surface area contributed by atoms with E-state index >= 15 is 0 Å². The molecule has 0 radical (unpaired) electrons. The lowest BCUT2D eigenvalue weighted by Crippen LogP contribution is -2.31. The van der Waals surface area contributed by atoms with Gasteiger partial charge in [-0.25, -0.2) is 0 Å². The van der Waals surface area contributed by atoms with Gasteiger partial charge in [-0.15, -0.1) is 0 Å². The SMILES string of the molecule is C[C@H](c1ccccc1)[C@H](NCCOC1CCCCO1)c1ccccc1. The summed E-state index contributed by atoms with van der Waals surface area (Å²) in [5.41, 5.74) is 2.66. The lowest BCUT2D eigenvalue weighted by atomic mass is 9.88. The van der Waals surface area contributed by atoms with E-state index in [1.165, 1.54) is 17.5 Å². The van der Waals surface area contributed by atoms with Crippen LogP contribution < -0.4 is 5.32 Å². The molecule has 3 nitrogen and oxygen atoms in total. The van der Waals surface area contributed by atoms with E-state index in [1.54, 1.807) is 0 Å². The first-order chi connectivity index (χ1) is 12.3. The van der Waals surface area contributed by atoms with Crippen molar-refractivity contribution in [3.05, 3.63) is 71.8 Å². The number of hydrogen-bond donors (Lipinski definition) is 1. The highest BCUT2D eigenvalue weighted by molar-refractivity contribution is 5.27. The molecule has 3 atom stereocenters.